The van der Waals surface area contributed by atoms with E-state index in [1.807, 2.05) is 154 Å². The molecule has 1 aliphatic carbocycles. The predicted octanol–water partition coefficient (Wildman–Crippen LogP) is 23.6. The second-order valence-corrected chi connectivity index (χ2v) is 29.8. The molecule has 0 spiro atoms. The summed E-state index contributed by atoms with van der Waals surface area (Å²) < 4.78 is 0. The summed E-state index contributed by atoms with van der Waals surface area (Å²) in [5, 5.41) is 36.7. The van der Waals surface area contributed by atoms with Crippen LogP contribution in [0.15, 0.2) is 237 Å². The monoisotopic (exact) mass is 1470 g/mol. The summed E-state index contributed by atoms with van der Waals surface area (Å²) >= 11 is 0. The maximum Gasteiger partial charge on any atom is 0.187 e. The molecule has 16 rings (SSSR count). The van der Waals surface area contributed by atoms with Gasteiger partial charge in [-0.25, -0.2) is 9.69 Å². The van der Waals surface area contributed by atoms with Crippen LogP contribution in [-0.4, -0.2) is 54.9 Å². The van der Waals surface area contributed by atoms with E-state index in [4.69, 9.17) is 23.7 Å². The molecule has 0 radical (unpaired) electrons. The van der Waals surface area contributed by atoms with Crippen LogP contribution < -0.4 is 44.1 Å². The van der Waals surface area contributed by atoms with Crippen LogP contribution in [-0.2, 0) is 0 Å². The summed E-state index contributed by atoms with van der Waals surface area (Å²) in [7, 11) is 2.10. The lowest BCUT2D eigenvalue weighted by Crippen LogP contribution is -2.45. The van der Waals surface area contributed by atoms with Crippen molar-refractivity contribution in [2.75, 3.05) is 51.1 Å². The summed E-state index contributed by atoms with van der Waals surface area (Å²) in [6.45, 7) is 42.2. The van der Waals surface area contributed by atoms with Crippen molar-refractivity contribution in [3.8, 4) is 24.3 Å². The number of aryl methyl sites for hydroxylation is 6. The Morgan fingerprint density at radius 1 is 0.348 bits per heavy atom. The van der Waals surface area contributed by atoms with Gasteiger partial charge in [0.25, 0.3) is 0 Å². The summed E-state index contributed by atoms with van der Waals surface area (Å²) in [5.41, 5.74) is 26.4. The molecule has 0 saturated heterocycles. The van der Waals surface area contributed by atoms with Crippen LogP contribution >= 0.6 is 0 Å². The Balaban J connectivity index is 0.000000131. The standard InChI is InChI=1S/C23H18N4.C22H25N3.C19H16N4.C19H21N3.C13H18N2/c1-16-14-18(15-24)8-13-21(16)27-17(2)26(22-6-4-5-7-23(22)27)20-11-9-19(25-3)10-12-20;1-16-12-13-18(15-23)14-22(16)25-17(2)24(19-8-4-3-5-9-19)20-10-6-7-11-21(20)25;1-14-12-16(13-20)4-9-19(14)23-11-10-22(15(23)2)18-7-5-17(21-3)6-8-18;1-13(2)21-15(4)22(18-8-6-5-7-17(18)21)19-11-16(12-20)10-9-14(19)3;1-10-5-6-11(2)13(9-10)15-8-7-14(4)12(15)3/h4-14,17H,1-2H3;6-7,10-14,17,19H,3-5,8-9H2,1-2H3;4-12,15H,1-2H3;5-11,13,15H,1-4H3;5-9,12H,1-4H3/t2*17-;2*15-;12-/m11111/s1. The number of benzene rings is 10. The highest BCUT2D eigenvalue weighted by Crippen LogP contribution is 2.51. The number of anilines is 13. The Bertz CT molecular complexity index is 5400. The van der Waals surface area contributed by atoms with Gasteiger partial charge in [0.2, 0.25) is 0 Å². The normalized spacial score (nSPS) is 17.6. The maximum absolute atomic E-state index is 9.33. The summed E-state index contributed by atoms with van der Waals surface area (Å²) in [5.74, 6) is 0. The Morgan fingerprint density at radius 2 is 0.759 bits per heavy atom. The molecular formula is C96H98N16. The van der Waals surface area contributed by atoms with Crippen LogP contribution in [0.2, 0.25) is 0 Å². The highest BCUT2D eigenvalue weighted by Gasteiger charge is 2.40. The summed E-state index contributed by atoms with van der Waals surface area (Å²) in [6.07, 6.45) is 16.0. The van der Waals surface area contributed by atoms with Gasteiger partial charge in [-0.3, -0.25) is 0 Å². The molecule has 5 atom stereocenters. The maximum atomic E-state index is 9.33. The molecule has 5 aliphatic heterocycles. The molecule has 10 aromatic rings. The van der Waals surface area contributed by atoms with Gasteiger partial charge in [0, 0.05) is 83.7 Å². The molecule has 10 aromatic carbocycles. The van der Waals surface area contributed by atoms with Crippen molar-refractivity contribution in [3.63, 3.8) is 0 Å². The fraction of sp³-hybridized carbons (Fsp3) is 0.271. The molecule has 0 aromatic heterocycles. The van der Waals surface area contributed by atoms with E-state index >= 15 is 0 Å². The molecule has 1 fully saturated rings. The highest BCUT2D eigenvalue weighted by atomic mass is 15.4. The zero-order chi connectivity index (χ0) is 79.6. The zero-order valence-corrected chi connectivity index (χ0v) is 66.7. The minimum Gasteiger partial charge on any atom is -0.359 e. The number of para-hydroxylation sites is 6. The largest absolute Gasteiger partial charge is 0.359 e. The van der Waals surface area contributed by atoms with E-state index in [1.54, 1.807) is 0 Å². The van der Waals surface area contributed by atoms with Crippen molar-refractivity contribution in [1.82, 2.24) is 4.90 Å². The van der Waals surface area contributed by atoms with E-state index in [0.29, 0.717) is 46.3 Å². The number of nitriles is 4. The molecule has 1 saturated carbocycles. The van der Waals surface area contributed by atoms with Crippen LogP contribution in [0.1, 0.15) is 136 Å². The van der Waals surface area contributed by atoms with E-state index in [9.17, 15) is 10.5 Å². The van der Waals surface area contributed by atoms with Crippen molar-refractivity contribution in [3.05, 3.63) is 316 Å². The van der Waals surface area contributed by atoms with Gasteiger partial charge in [-0.15, -0.1) is 0 Å². The average molecular weight is 1480 g/mol. The summed E-state index contributed by atoms with van der Waals surface area (Å²) in [4.78, 5) is 30.1. The molecule has 0 unspecified atom stereocenters. The highest BCUT2D eigenvalue weighted by molar-refractivity contribution is 5.90. The van der Waals surface area contributed by atoms with Crippen LogP contribution in [0.25, 0.3) is 9.69 Å². The van der Waals surface area contributed by atoms with E-state index in [-0.39, 0.29) is 24.7 Å². The third-order valence-corrected chi connectivity index (χ3v) is 22.3. The third kappa shape index (κ3) is 16.0. The van der Waals surface area contributed by atoms with Crippen LogP contribution in [0.3, 0.4) is 0 Å². The minimum absolute atomic E-state index is 0.0628. The minimum atomic E-state index is 0.0628. The molecule has 0 N–H and O–H groups in total. The van der Waals surface area contributed by atoms with E-state index in [2.05, 4.69) is 264 Å². The second kappa shape index (κ2) is 34.5. The first-order valence-corrected chi connectivity index (χ1v) is 38.6. The molecule has 16 nitrogen and oxygen atoms in total. The fourth-order valence-electron chi connectivity index (χ4n) is 16.4. The summed E-state index contributed by atoms with van der Waals surface area (Å²) in [6, 6.07) is 80.8. The first-order chi connectivity index (χ1) is 54.1. The van der Waals surface area contributed by atoms with Gasteiger partial charge in [-0.2, -0.15) is 21.0 Å². The van der Waals surface area contributed by atoms with Crippen molar-refractivity contribution < 1.29 is 0 Å². The topological polar surface area (TPSA) is 136 Å². The Hall–Kier alpha value is -13.4. The molecule has 6 aliphatic rings. The Labute approximate surface area is 663 Å². The molecule has 0 bridgehead atoms. The third-order valence-electron chi connectivity index (χ3n) is 22.3. The molecule has 0 amide bonds. The Morgan fingerprint density at radius 3 is 1.26 bits per heavy atom. The molecule has 5 heterocycles. The van der Waals surface area contributed by atoms with Crippen molar-refractivity contribution in [1.29, 1.82) is 21.0 Å². The zero-order valence-electron chi connectivity index (χ0n) is 66.7. The quantitative estimate of drug-likeness (QED) is 0.127. The van der Waals surface area contributed by atoms with Gasteiger partial charge in [0.05, 0.1) is 93.8 Å². The van der Waals surface area contributed by atoms with Gasteiger partial charge in [-0.05, 0) is 264 Å². The molecule has 562 valence electrons. The molecular weight excluding hydrogens is 1380 g/mol. The van der Waals surface area contributed by atoms with E-state index in [0.717, 1.165) is 62.2 Å². The van der Waals surface area contributed by atoms with Gasteiger partial charge >= 0.3 is 0 Å². The van der Waals surface area contributed by atoms with Gasteiger partial charge < -0.3 is 49.0 Å². The lowest BCUT2D eigenvalue weighted by Gasteiger charge is -2.38. The van der Waals surface area contributed by atoms with Crippen molar-refractivity contribution >= 4 is 85.3 Å². The predicted molar refractivity (Wildman–Crippen MR) is 461 cm³/mol. The van der Waals surface area contributed by atoms with Gasteiger partial charge in [0.1, 0.15) is 30.8 Å². The van der Waals surface area contributed by atoms with Gasteiger partial charge in [-0.1, -0.05) is 104 Å². The first kappa shape index (κ1) is 78.2. The molecule has 112 heavy (non-hydrogen) atoms. The van der Waals surface area contributed by atoms with E-state index < -0.39 is 0 Å². The Kier molecular flexibility index (Phi) is 24.1. The van der Waals surface area contributed by atoms with Crippen LogP contribution in [0.5, 0.6) is 0 Å². The average Bonchev–Trinajstić information content (AvgIpc) is 1.63. The van der Waals surface area contributed by atoms with Crippen LogP contribution in [0.4, 0.5) is 85.3 Å². The second-order valence-electron chi connectivity index (χ2n) is 29.8. The number of hydrogen-bond donors (Lipinski definition) is 0. The molecule has 16 heteroatoms. The SMILES string of the molecule is Cc1ccc(C#N)cc1N1c2ccccc2N(C(C)C)[C@H]1C.Cc1ccc(C#N)cc1N1c2ccccc2N(C2CCCCC2)[C@H]1C.Cc1ccc(C)c(N2C=CN(C)[C@H]2C)c1.[C-]#[N+]c1ccc(N2C=CN(c3ccc(C#N)cc3C)[C@@H]2C)cc1.[C-]#[N+]c1ccc(N2c3ccccc3N(c3ccc(C#N)cc3C)[C@@H]2C)cc1. The number of nitrogens with zero attached hydrogens (tertiary/aromatic N) is 16. The van der Waals surface area contributed by atoms with Crippen molar-refractivity contribution in [2.24, 2.45) is 0 Å². The lowest BCUT2D eigenvalue weighted by atomic mass is 9.93. The number of rotatable bonds is 9. The lowest BCUT2D eigenvalue weighted by molar-refractivity contribution is 0.383. The van der Waals surface area contributed by atoms with Crippen LogP contribution in [0, 0.1) is 100 Å². The van der Waals surface area contributed by atoms with Gasteiger partial charge in [0.15, 0.2) is 11.4 Å². The van der Waals surface area contributed by atoms with E-state index in [1.165, 1.54) is 82.8 Å². The number of hydrogen-bond acceptors (Lipinski definition) is 14. The fourth-order valence-corrected chi connectivity index (χ4v) is 16.4. The first-order valence-electron chi connectivity index (χ1n) is 38.6. The smallest absolute Gasteiger partial charge is 0.187 e. The van der Waals surface area contributed by atoms with Crippen molar-refractivity contribution in [2.45, 2.75) is 165 Å². The number of fused-ring (bicyclic) bond motifs is 3.